The van der Waals surface area contributed by atoms with E-state index in [1.54, 1.807) is 30.3 Å². The highest BCUT2D eigenvalue weighted by atomic mass is 79.9. The maximum Gasteiger partial charge on any atom is 0.355 e. The molecule has 0 saturated carbocycles. The van der Waals surface area contributed by atoms with E-state index >= 15 is 0 Å². The number of nitrogens with zero attached hydrogens (tertiary/aromatic N) is 2. The van der Waals surface area contributed by atoms with Gasteiger partial charge < -0.3 is 36.3 Å². The summed E-state index contributed by atoms with van der Waals surface area (Å²) in [6, 6.07) is 43.2. The smallest absolute Gasteiger partial charge is 0.355 e. The molecule has 7 rings (SSSR count). The first kappa shape index (κ1) is 39.4. The van der Waals surface area contributed by atoms with E-state index < -0.39 is 59.2 Å². The topological polar surface area (TPSA) is 151 Å². The molecule has 0 aromatic heterocycles. The second kappa shape index (κ2) is 17.4. The Bertz CT molecular complexity index is 2100. The summed E-state index contributed by atoms with van der Waals surface area (Å²) in [7, 11) is -2.65. The number of rotatable bonds is 13. The average molecular weight is 841 g/mol. The lowest BCUT2D eigenvalue weighted by atomic mass is 10.0. The van der Waals surface area contributed by atoms with Gasteiger partial charge in [-0.2, -0.15) is 0 Å². The van der Waals surface area contributed by atoms with E-state index in [0.717, 1.165) is 15.9 Å². The van der Waals surface area contributed by atoms with E-state index in [4.69, 9.17) is 9.47 Å². The van der Waals surface area contributed by atoms with E-state index in [-0.39, 0.29) is 52.5 Å². The van der Waals surface area contributed by atoms with Crippen LogP contribution < -0.4 is 42.9 Å². The van der Waals surface area contributed by atoms with E-state index in [0.29, 0.717) is 11.3 Å². The third-order valence-corrected chi connectivity index (χ3v) is 15.4. The first-order valence-electron chi connectivity index (χ1n) is 17.1. The third-order valence-electron chi connectivity index (χ3n) is 9.39. The van der Waals surface area contributed by atoms with E-state index in [1.807, 2.05) is 97.1 Å². The van der Waals surface area contributed by atoms with Crippen LogP contribution in [0.5, 0.6) is 5.75 Å². The molecule has 1 saturated heterocycles. The Balaban J connectivity index is 0.00000514. The molecular formula is C41H35BrN3O8PS. The maximum absolute atomic E-state index is 14.4. The van der Waals surface area contributed by atoms with Crippen LogP contribution in [0.4, 0.5) is 5.69 Å². The molecule has 0 radical (unpaired) electrons. The summed E-state index contributed by atoms with van der Waals surface area (Å²) in [6.07, 6.45) is 0.241. The predicted molar refractivity (Wildman–Crippen MR) is 207 cm³/mol. The summed E-state index contributed by atoms with van der Waals surface area (Å²) in [5, 5.41) is 16.4. The van der Waals surface area contributed by atoms with Crippen molar-refractivity contribution >= 4 is 57.8 Å². The number of carbonyl (C=O) groups is 3. The quantitative estimate of drug-likeness (QED) is 0.0467. The summed E-state index contributed by atoms with van der Waals surface area (Å²) in [5.74, 6) is -1.71. The number of nitro benzene ring substituents is 1. The molecule has 280 valence electrons. The molecule has 14 heteroatoms. The number of nitro groups is 1. The SMILES string of the molecule is O=C(COc1ccccc1)N[C@@H]1C(=O)N2C(C(=O)OCc3ccccc3[N+](=O)[O-])=C(C[P+](c3ccccc3)(c3ccccc3)c3ccccc3)C[S+]([O-])[C@H]12.[Br-]. The molecule has 5 aromatic carbocycles. The number of esters is 1. The van der Waals surface area contributed by atoms with Gasteiger partial charge in [0, 0.05) is 11.6 Å². The van der Waals surface area contributed by atoms with Crippen LogP contribution in [-0.2, 0) is 36.9 Å². The molecule has 0 aliphatic carbocycles. The van der Waals surface area contributed by atoms with Crippen LogP contribution in [0.15, 0.2) is 157 Å². The summed E-state index contributed by atoms with van der Waals surface area (Å²) >= 11 is -1.74. The molecule has 5 aromatic rings. The molecule has 11 nitrogen and oxygen atoms in total. The number of hydrogen-bond donors (Lipinski definition) is 1. The van der Waals surface area contributed by atoms with E-state index in [1.165, 1.54) is 23.1 Å². The van der Waals surface area contributed by atoms with Crippen molar-refractivity contribution in [1.29, 1.82) is 0 Å². The molecule has 0 spiro atoms. The van der Waals surface area contributed by atoms with E-state index in [9.17, 15) is 29.1 Å². The number of amides is 2. The van der Waals surface area contributed by atoms with Crippen LogP contribution in [0.25, 0.3) is 0 Å². The Morgan fingerprint density at radius 3 is 1.85 bits per heavy atom. The molecule has 2 amide bonds. The maximum atomic E-state index is 14.4. The lowest BCUT2D eigenvalue weighted by molar-refractivity contribution is -0.385. The minimum atomic E-state index is -2.65. The lowest BCUT2D eigenvalue weighted by Gasteiger charge is -2.49. The fourth-order valence-corrected chi connectivity index (χ4v) is 13.1. The van der Waals surface area contributed by atoms with Gasteiger partial charge in [-0.3, -0.25) is 24.6 Å². The Hall–Kier alpha value is -5.33. The van der Waals surface area contributed by atoms with Crippen LogP contribution in [0.2, 0.25) is 0 Å². The normalized spacial score (nSPS) is 17.6. The zero-order valence-corrected chi connectivity index (χ0v) is 32.5. The average Bonchev–Trinajstić information content (AvgIpc) is 3.21. The Labute approximate surface area is 331 Å². The molecule has 1 N–H and O–H groups in total. The van der Waals surface area contributed by atoms with Gasteiger partial charge in [0.15, 0.2) is 12.6 Å². The molecular weight excluding hydrogens is 805 g/mol. The zero-order valence-electron chi connectivity index (χ0n) is 29.2. The second-order valence-corrected chi connectivity index (χ2v) is 17.7. The van der Waals surface area contributed by atoms with Crippen molar-refractivity contribution in [2.75, 3.05) is 18.5 Å². The first-order chi connectivity index (χ1) is 26.3. The Morgan fingerprint density at radius 2 is 1.31 bits per heavy atom. The highest BCUT2D eigenvalue weighted by molar-refractivity contribution is 7.96. The molecule has 1 unspecified atom stereocenters. The fraction of sp³-hybridized carbons (Fsp3) is 0.146. The summed E-state index contributed by atoms with van der Waals surface area (Å²) in [5.41, 5.74) is 0.339. The van der Waals surface area contributed by atoms with Gasteiger partial charge in [-0.1, -0.05) is 84.9 Å². The number of fused-ring (bicyclic) bond motifs is 1. The minimum Gasteiger partial charge on any atom is -1.00 e. The van der Waals surface area contributed by atoms with Crippen molar-refractivity contribution in [3.05, 3.63) is 173 Å². The van der Waals surface area contributed by atoms with Crippen LogP contribution in [-0.4, -0.2) is 62.1 Å². The zero-order chi connectivity index (χ0) is 37.7. The van der Waals surface area contributed by atoms with Gasteiger partial charge in [0.25, 0.3) is 17.5 Å². The molecule has 2 heterocycles. The Morgan fingerprint density at radius 1 is 0.800 bits per heavy atom. The van der Waals surface area contributed by atoms with Gasteiger partial charge in [0.2, 0.25) is 5.37 Å². The van der Waals surface area contributed by atoms with Gasteiger partial charge in [-0.05, 0) is 65.8 Å². The number of β-lactam (4-membered cyclic amide) rings is 1. The van der Waals surface area contributed by atoms with Gasteiger partial charge >= 0.3 is 5.97 Å². The highest BCUT2D eigenvalue weighted by Crippen LogP contribution is 2.58. The van der Waals surface area contributed by atoms with Gasteiger partial charge in [-0.25, -0.2) is 4.79 Å². The molecule has 2 aliphatic rings. The molecule has 1 fully saturated rings. The summed E-state index contributed by atoms with van der Waals surface area (Å²) in [6.45, 7) is -0.812. The Kier molecular flexibility index (Phi) is 12.5. The number of para-hydroxylation sites is 2. The second-order valence-electron chi connectivity index (χ2n) is 12.7. The lowest BCUT2D eigenvalue weighted by Crippen LogP contribution is -3.00. The minimum absolute atomic E-state index is 0. The van der Waals surface area contributed by atoms with Crippen molar-refractivity contribution in [2.24, 2.45) is 0 Å². The molecule has 0 bridgehead atoms. The predicted octanol–water partition coefficient (Wildman–Crippen LogP) is 1.38. The van der Waals surface area contributed by atoms with Crippen molar-refractivity contribution < 1.29 is 50.3 Å². The highest BCUT2D eigenvalue weighted by Gasteiger charge is 2.62. The number of halogens is 1. The van der Waals surface area contributed by atoms with Crippen molar-refractivity contribution in [3.8, 4) is 5.75 Å². The number of nitrogens with one attached hydrogen (secondary N) is 1. The summed E-state index contributed by atoms with van der Waals surface area (Å²) < 4.78 is 25.6. The number of hydrogen-bond acceptors (Lipinski definition) is 8. The number of benzene rings is 5. The monoisotopic (exact) mass is 839 g/mol. The number of ether oxygens (including phenoxy) is 2. The number of carbonyl (C=O) groups excluding carboxylic acids is 3. The molecule has 3 atom stereocenters. The van der Waals surface area contributed by atoms with Crippen molar-refractivity contribution in [1.82, 2.24) is 10.2 Å². The molecule has 55 heavy (non-hydrogen) atoms. The van der Waals surface area contributed by atoms with Gasteiger partial charge in [-0.15, -0.1) is 0 Å². The van der Waals surface area contributed by atoms with Crippen LogP contribution >= 0.6 is 7.26 Å². The third kappa shape index (κ3) is 8.06. The standard InChI is InChI=1S/C41H34N3O8PS.BrH/c45-36(26-51-31-16-5-1-6-17-31)42-37-39(46)43-38(41(47)52-25-29-15-13-14-24-35(29)44(48)49)30(28-54(50)40(37)43)27-53(32-18-7-2-8-19-32,33-20-9-3-10-21-33)34-22-11-4-12-23-34;/h1-24,37,40H,25-28H2;1H/t37-,40-,54?;/m1./s1. The fourth-order valence-electron chi connectivity index (χ4n) is 6.92. The van der Waals surface area contributed by atoms with Crippen molar-refractivity contribution in [3.63, 3.8) is 0 Å². The van der Waals surface area contributed by atoms with Gasteiger partial charge in [0.1, 0.15) is 53.1 Å². The van der Waals surface area contributed by atoms with Crippen molar-refractivity contribution in [2.45, 2.75) is 18.0 Å². The van der Waals surface area contributed by atoms with E-state index in [2.05, 4.69) is 5.32 Å². The van der Waals surface area contributed by atoms with Crippen LogP contribution in [0.3, 0.4) is 0 Å². The summed E-state index contributed by atoms with van der Waals surface area (Å²) in [4.78, 5) is 53.7. The largest absolute Gasteiger partial charge is 1.00 e. The molecule has 2 aliphatic heterocycles. The van der Waals surface area contributed by atoms with Gasteiger partial charge in [0.05, 0.1) is 10.5 Å². The van der Waals surface area contributed by atoms with Crippen LogP contribution in [0, 0.1) is 10.1 Å². The first-order valence-corrected chi connectivity index (χ1v) is 20.5. The van der Waals surface area contributed by atoms with Crippen LogP contribution in [0.1, 0.15) is 5.56 Å².